The summed E-state index contributed by atoms with van der Waals surface area (Å²) in [4.78, 5) is 25.9. The first-order valence-electron chi connectivity index (χ1n) is 19.9. The Morgan fingerprint density at radius 3 is 1.98 bits per heavy atom. The molecule has 4 heteroatoms. The van der Waals surface area contributed by atoms with Crippen LogP contribution >= 0.6 is 0 Å². The van der Waals surface area contributed by atoms with E-state index < -0.39 is 0 Å². The zero-order valence-electron chi connectivity index (χ0n) is 32.7. The summed E-state index contributed by atoms with van der Waals surface area (Å²) < 4.78 is 12.2. The lowest BCUT2D eigenvalue weighted by molar-refractivity contribution is -0.166. The standard InChI is InChI=1S/C48H60O4/c1-43(2)38-21-20-37-36(46(38,5)26-25-40(43)52-42(50)23-19-35-16-12-9-13-17-35)24-27-48(7)39-32-44(3,28-29-45(39,4)30-31-47(37,48)6)33-51-41(49)22-18-34-14-10-8-11-15-34/h8-20,22-24,38-40H,21,25-33H2,1-7H3/t38-,39+,40+,44+,45+,46+,47+,48-/m0/s1. The second-order valence-corrected chi connectivity index (χ2v) is 19.0. The molecule has 0 unspecified atom stereocenters. The van der Waals surface area contributed by atoms with E-state index in [9.17, 15) is 9.59 Å². The van der Waals surface area contributed by atoms with Crippen molar-refractivity contribution in [1.29, 1.82) is 0 Å². The third-order valence-corrected chi connectivity index (χ3v) is 15.5. The van der Waals surface area contributed by atoms with Gasteiger partial charge in [-0.15, -0.1) is 0 Å². The smallest absolute Gasteiger partial charge is 0.331 e. The van der Waals surface area contributed by atoms with E-state index in [1.165, 1.54) is 19.3 Å². The summed E-state index contributed by atoms with van der Waals surface area (Å²) in [6.45, 7) is 17.8. The first kappa shape index (κ1) is 36.7. The van der Waals surface area contributed by atoms with Crippen LogP contribution in [0.15, 0.2) is 96.1 Å². The topological polar surface area (TPSA) is 52.6 Å². The van der Waals surface area contributed by atoms with Crippen molar-refractivity contribution in [3.05, 3.63) is 107 Å². The predicted molar refractivity (Wildman–Crippen MR) is 211 cm³/mol. The summed E-state index contributed by atoms with van der Waals surface area (Å²) in [6.07, 6.45) is 21.8. The second-order valence-electron chi connectivity index (χ2n) is 19.0. The molecule has 276 valence electrons. The number of carbonyl (C=O) groups is 2. The lowest BCUT2D eigenvalue weighted by atomic mass is 9.36. The van der Waals surface area contributed by atoms with E-state index in [0.29, 0.717) is 18.4 Å². The first-order chi connectivity index (χ1) is 24.6. The molecule has 3 fully saturated rings. The molecule has 0 bridgehead atoms. The van der Waals surface area contributed by atoms with Crippen molar-refractivity contribution in [3.8, 4) is 0 Å². The Morgan fingerprint density at radius 1 is 0.712 bits per heavy atom. The van der Waals surface area contributed by atoms with Crippen LogP contribution in [-0.2, 0) is 19.1 Å². The van der Waals surface area contributed by atoms with Crippen molar-refractivity contribution < 1.29 is 19.1 Å². The fourth-order valence-electron chi connectivity index (χ4n) is 11.9. The van der Waals surface area contributed by atoms with Gasteiger partial charge in [0.05, 0.1) is 6.61 Å². The number of carbonyl (C=O) groups excluding carboxylic acids is 2. The molecule has 2 aromatic carbocycles. The predicted octanol–water partition coefficient (Wildman–Crippen LogP) is 11.6. The van der Waals surface area contributed by atoms with Gasteiger partial charge in [0.15, 0.2) is 0 Å². The summed E-state index contributed by atoms with van der Waals surface area (Å²) in [7, 11) is 0. The van der Waals surface area contributed by atoms with E-state index in [-0.39, 0.29) is 50.5 Å². The molecule has 3 saturated carbocycles. The molecule has 0 N–H and O–H groups in total. The Balaban J connectivity index is 1.08. The highest BCUT2D eigenvalue weighted by atomic mass is 16.5. The summed E-state index contributed by atoms with van der Waals surface area (Å²) in [6, 6.07) is 19.9. The molecule has 0 aromatic heterocycles. The Hall–Kier alpha value is -3.66. The number of hydrogen-bond acceptors (Lipinski definition) is 4. The summed E-state index contributed by atoms with van der Waals surface area (Å²) in [5, 5.41) is 0. The molecule has 0 aliphatic heterocycles. The quantitative estimate of drug-likeness (QED) is 0.213. The molecule has 0 saturated heterocycles. The van der Waals surface area contributed by atoms with Crippen LogP contribution in [0.2, 0.25) is 0 Å². The Labute approximate surface area is 312 Å². The Kier molecular flexibility index (Phi) is 9.40. The van der Waals surface area contributed by atoms with Crippen molar-refractivity contribution in [1.82, 2.24) is 0 Å². The maximum absolute atomic E-state index is 13.1. The molecule has 0 spiro atoms. The average molecular weight is 701 g/mol. The second kappa shape index (κ2) is 13.3. The van der Waals surface area contributed by atoms with Crippen LogP contribution in [0.5, 0.6) is 0 Å². The van der Waals surface area contributed by atoms with Gasteiger partial charge in [-0.1, -0.05) is 121 Å². The van der Waals surface area contributed by atoms with Crippen molar-refractivity contribution in [2.45, 2.75) is 112 Å². The van der Waals surface area contributed by atoms with Crippen LogP contribution in [-0.4, -0.2) is 24.6 Å². The van der Waals surface area contributed by atoms with E-state index in [1.54, 1.807) is 23.3 Å². The fraction of sp³-hybridized carbons (Fsp3) is 0.542. The number of benzene rings is 2. The van der Waals surface area contributed by atoms with Gasteiger partial charge >= 0.3 is 11.9 Å². The van der Waals surface area contributed by atoms with Gasteiger partial charge in [-0.25, -0.2) is 9.59 Å². The van der Waals surface area contributed by atoms with Crippen LogP contribution < -0.4 is 0 Å². The minimum absolute atomic E-state index is 0.0418. The summed E-state index contributed by atoms with van der Waals surface area (Å²) in [5.74, 6) is 0.427. The normalized spacial score (nSPS) is 37.9. The maximum atomic E-state index is 13.1. The molecule has 5 aliphatic carbocycles. The number of rotatable bonds is 7. The van der Waals surface area contributed by atoms with Crippen molar-refractivity contribution >= 4 is 24.1 Å². The molecule has 0 amide bonds. The minimum atomic E-state index is -0.255. The highest BCUT2D eigenvalue weighted by molar-refractivity contribution is 5.87. The number of hydrogen-bond donors (Lipinski definition) is 0. The summed E-state index contributed by atoms with van der Waals surface area (Å²) in [5.41, 5.74) is 5.51. The van der Waals surface area contributed by atoms with E-state index >= 15 is 0 Å². The summed E-state index contributed by atoms with van der Waals surface area (Å²) >= 11 is 0. The van der Waals surface area contributed by atoms with E-state index in [1.807, 2.05) is 72.8 Å². The van der Waals surface area contributed by atoms with Crippen LogP contribution in [0, 0.1) is 44.3 Å². The van der Waals surface area contributed by atoms with Crippen molar-refractivity contribution in [2.75, 3.05) is 6.61 Å². The molecule has 0 heterocycles. The monoisotopic (exact) mass is 700 g/mol. The Morgan fingerprint density at radius 2 is 1.33 bits per heavy atom. The highest BCUT2D eigenvalue weighted by Crippen LogP contribution is 2.74. The third-order valence-electron chi connectivity index (χ3n) is 15.5. The van der Waals surface area contributed by atoms with Gasteiger partial charge in [-0.2, -0.15) is 0 Å². The number of allylic oxidation sites excluding steroid dienone is 4. The SMILES string of the molecule is CC1(C)[C@H](OC(=O)C=Cc2ccccc2)CC[C@]2(C)C3=CC[C@@]4(C)[C@@H]5C[C@](C)(COC(=O)C=Cc6ccccc6)CC[C@]5(C)CC[C@]4(C)C3=CC[C@@H]12. The lowest BCUT2D eigenvalue weighted by Crippen LogP contribution is -2.61. The van der Waals surface area contributed by atoms with E-state index in [4.69, 9.17) is 9.47 Å². The highest BCUT2D eigenvalue weighted by Gasteiger charge is 2.66. The van der Waals surface area contributed by atoms with Gasteiger partial charge in [-0.05, 0) is 126 Å². The van der Waals surface area contributed by atoms with Crippen LogP contribution in [0.1, 0.15) is 117 Å². The average Bonchev–Trinajstić information content (AvgIpc) is 3.13. The number of esters is 2. The number of fused-ring (bicyclic) bond motifs is 7. The molecule has 2 aromatic rings. The van der Waals surface area contributed by atoms with Gasteiger partial charge in [0.25, 0.3) is 0 Å². The number of ether oxygens (including phenoxy) is 2. The molecule has 0 radical (unpaired) electrons. The van der Waals surface area contributed by atoms with Crippen LogP contribution in [0.4, 0.5) is 0 Å². The minimum Gasteiger partial charge on any atom is -0.462 e. The van der Waals surface area contributed by atoms with Crippen molar-refractivity contribution in [2.24, 2.45) is 44.3 Å². The maximum Gasteiger partial charge on any atom is 0.331 e. The third kappa shape index (κ3) is 6.26. The molecule has 8 atom stereocenters. The van der Waals surface area contributed by atoms with E-state index in [0.717, 1.165) is 49.7 Å². The van der Waals surface area contributed by atoms with Crippen LogP contribution in [0.25, 0.3) is 12.2 Å². The molecular formula is C48H60O4. The Bertz CT molecular complexity index is 1800. The zero-order chi connectivity index (χ0) is 37.0. The molecule has 52 heavy (non-hydrogen) atoms. The van der Waals surface area contributed by atoms with Crippen LogP contribution in [0.3, 0.4) is 0 Å². The first-order valence-corrected chi connectivity index (χ1v) is 19.9. The molecule has 5 aliphatic rings. The van der Waals surface area contributed by atoms with Gasteiger partial charge < -0.3 is 9.47 Å². The van der Waals surface area contributed by atoms with E-state index in [2.05, 4.69) is 60.6 Å². The van der Waals surface area contributed by atoms with Gasteiger partial charge in [-0.3, -0.25) is 0 Å². The fourth-order valence-corrected chi connectivity index (χ4v) is 11.9. The molecule has 7 rings (SSSR count). The largest absolute Gasteiger partial charge is 0.462 e. The molecule has 4 nitrogen and oxygen atoms in total. The molecular weight excluding hydrogens is 641 g/mol. The lowest BCUT2D eigenvalue weighted by Gasteiger charge is -2.69. The van der Waals surface area contributed by atoms with Gasteiger partial charge in [0.2, 0.25) is 0 Å². The van der Waals surface area contributed by atoms with Gasteiger partial charge in [0.1, 0.15) is 6.10 Å². The zero-order valence-corrected chi connectivity index (χ0v) is 32.7. The van der Waals surface area contributed by atoms with Crippen molar-refractivity contribution in [3.63, 3.8) is 0 Å². The van der Waals surface area contributed by atoms with Gasteiger partial charge in [0, 0.05) is 23.0 Å².